The van der Waals surface area contributed by atoms with Crippen LogP contribution in [0.1, 0.15) is 50.9 Å². The van der Waals surface area contributed by atoms with Crippen LogP contribution in [0.2, 0.25) is 0 Å². The fourth-order valence-corrected chi connectivity index (χ4v) is 6.45. The number of hydrogen-bond donors (Lipinski definition) is 5. The molecule has 2 atom stereocenters. The van der Waals surface area contributed by atoms with Crippen molar-refractivity contribution in [1.82, 2.24) is 30.8 Å². The Labute approximate surface area is 353 Å². The van der Waals surface area contributed by atoms with Gasteiger partial charge in [0.2, 0.25) is 17.8 Å². The van der Waals surface area contributed by atoms with Crippen LogP contribution in [0.5, 0.6) is 5.75 Å². The number of nitrogens with zero attached hydrogens (tertiary/aromatic N) is 3. The summed E-state index contributed by atoms with van der Waals surface area (Å²) < 4.78 is 96.6. The number of fused-ring (bicyclic) bond motifs is 2. The van der Waals surface area contributed by atoms with Crippen LogP contribution in [0.3, 0.4) is 0 Å². The first-order chi connectivity index (χ1) is 30.1. The van der Waals surface area contributed by atoms with Crippen LogP contribution in [-0.2, 0) is 28.6 Å². The highest BCUT2D eigenvalue weighted by atomic mass is 19.4. The van der Waals surface area contributed by atoms with E-state index in [-0.39, 0.29) is 105 Å². The summed E-state index contributed by atoms with van der Waals surface area (Å²) in [5.41, 5.74) is -0.872. The van der Waals surface area contributed by atoms with Gasteiger partial charge in [0.15, 0.2) is 24.0 Å². The average Bonchev–Trinajstić information content (AvgIpc) is 3.69. The molecule has 336 valence electrons. The summed E-state index contributed by atoms with van der Waals surface area (Å²) in [6.45, 7) is 2.49. The molecule has 2 aromatic carbocycles. The highest BCUT2D eigenvalue weighted by Crippen LogP contribution is 2.39. The van der Waals surface area contributed by atoms with E-state index in [1.54, 1.807) is 5.32 Å². The lowest BCUT2D eigenvalue weighted by molar-refractivity contribution is -0.158. The molecule has 0 spiro atoms. The Bertz CT molecular complexity index is 2360. The number of nitrogens with one attached hydrogen (secondary N) is 5. The van der Waals surface area contributed by atoms with Gasteiger partial charge in [-0.1, -0.05) is 6.07 Å². The van der Waals surface area contributed by atoms with E-state index in [2.05, 4.69) is 31.2 Å². The predicted octanol–water partition coefficient (Wildman–Crippen LogP) is 3.29. The number of aryl methyl sites for hydroxylation is 1. The Hall–Kier alpha value is -6.79. The van der Waals surface area contributed by atoms with Crippen LogP contribution in [-0.4, -0.2) is 122 Å². The van der Waals surface area contributed by atoms with Crippen LogP contribution < -0.4 is 31.3 Å². The molecule has 4 aromatic rings. The van der Waals surface area contributed by atoms with Gasteiger partial charge in [0.1, 0.15) is 23.4 Å². The van der Waals surface area contributed by atoms with Gasteiger partial charge in [-0.15, -0.1) is 0 Å². The van der Waals surface area contributed by atoms with Crippen LogP contribution in [0.25, 0.3) is 11.0 Å². The number of amides is 7. The summed E-state index contributed by atoms with van der Waals surface area (Å²) in [6, 6.07) is 0.511. The summed E-state index contributed by atoms with van der Waals surface area (Å²) in [4.78, 5) is 83.5. The summed E-state index contributed by atoms with van der Waals surface area (Å²) in [6.07, 6.45) is -2.78. The maximum atomic E-state index is 14.1. The average molecular weight is 891 g/mol. The number of halogens is 5. The number of aromatic nitrogens is 2. The molecular formula is C39H39F5N8O11. The van der Waals surface area contributed by atoms with Crippen molar-refractivity contribution in [2.45, 2.75) is 38.0 Å². The number of imide groups is 2. The molecule has 2 aromatic heterocycles. The lowest BCUT2D eigenvalue weighted by atomic mass is 10.0. The van der Waals surface area contributed by atoms with Crippen LogP contribution in [0.15, 0.2) is 47.1 Å². The second kappa shape index (κ2) is 20.4. The normalized spacial score (nSPS) is 15.6. The SMILES string of the molecule is Cc1c([C@@H](NC(=O)Nc2cnc(NCCOCCOCCOCCNC(=O)COc3cccc4c3C(=O)N(C3CCC(=O)NC3=O)C4=O)nc2)C(F)(F)F)oc2c(F)cc(F)cc12. The lowest BCUT2D eigenvalue weighted by Crippen LogP contribution is -2.54. The minimum Gasteiger partial charge on any atom is -0.483 e. The van der Waals surface area contributed by atoms with Gasteiger partial charge in [-0.25, -0.2) is 23.5 Å². The summed E-state index contributed by atoms with van der Waals surface area (Å²) in [5.74, 6) is -6.08. The molecule has 0 bridgehead atoms. The fraction of sp³-hybridized carbons (Fsp3) is 0.385. The van der Waals surface area contributed by atoms with Crippen molar-refractivity contribution in [3.8, 4) is 5.75 Å². The molecule has 5 N–H and O–H groups in total. The number of anilines is 2. The Morgan fingerprint density at radius 2 is 1.63 bits per heavy atom. The van der Waals surface area contributed by atoms with E-state index in [4.69, 9.17) is 23.4 Å². The van der Waals surface area contributed by atoms with Crippen molar-refractivity contribution in [1.29, 1.82) is 0 Å². The first-order valence-electron chi connectivity index (χ1n) is 19.2. The number of carbonyl (C=O) groups is 6. The first-order valence-corrected chi connectivity index (χ1v) is 19.2. The number of hydrogen-bond acceptors (Lipinski definition) is 14. The minimum absolute atomic E-state index is 0.00108. The molecule has 63 heavy (non-hydrogen) atoms. The number of urea groups is 1. The third-order valence-electron chi connectivity index (χ3n) is 9.40. The number of rotatable bonds is 20. The zero-order valence-electron chi connectivity index (χ0n) is 33.2. The molecule has 1 saturated heterocycles. The molecule has 7 amide bonds. The van der Waals surface area contributed by atoms with E-state index in [9.17, 15) is 50.7 Å². The van der Waals surface area contributed by atoms with E-state index in [1.165, 1.54) is 25.1 Å². The molecule has 1 fully saturated rings. The standard InChI is InChI=1S/C39H39F5N8O11/c1-20-24-15-21(40)16-25(41)32(24)63-31(20)33(39(42,43)44)51-38(58)49-22-17-47-37(48-18-22)46-8-10-60-12-14-61-13-11-59-9-7-45-29(54)19-62-27-4-2-3-23-30(27)36(57)52(35(23)56)26-5-6-28(53)50-34(26)55/h2-4,15-18,26,33H,5-14,19H2,1H3,(H,45,54)(H,46,47,48)(H2,49,51,58)(H,50,53,55)/t26?,33-/m1/s1. The summed E-state index contributed by atoms with van der Waals surface area (Å²) in [7, 11) is 0. The van der Waals surface area contributed by atoms with Gasteiger partial charge in [-0.05, 0) is 31.5 Å². The maximum Gasteiger partial charge on any atom is 0.416 e. The van der Waals surface area contributed by atoms with Gasteiger partial charge in [0, 0.05) is 36.5 Å². The number of furan rings is 1. The van der Waals surface area contributed by atoms with E-state index in [0.717, 1.165) is 23.4 Å². The lowest BCUT2D eigenvalue weighted by Gasteiger charge is -2.27. The number of benzene rings is 2. The van der Waals surface area contributed by atoms with Gasteiger partial charge in [-0.3, -0.25) is 34.2 Å². The van der Waals surface area contributed by atoms with Crippen molar-refractivity contribution in [3.63, 3.8) is 0 Å². The molecule has 24 heteroatoms. The molecule has 1 unspecified atom stereocenters. The molecular weight excluding hydrogens is 851 g/mol. The Morgan fingerprint density at radius 1 is 0.952 bits per heavy atom. The molecule has 0 saturated carbocycles. The van der Waals surface area contributed by atoms with Crippen molar-refractivity contribution in [2.24, 2.45) is 0 Å². The molecule has 19 nitrogen and oxygen atoms in total. The van der Waals surface area contributed by atoms with Gasteiger partial charge in [-0.2, -0.15) is 13.2 Å². The predicted molar refractivity (Wildman–Crippen MR) is 206 cm³/mol. The Balaban J connectivity index is 0.793. The van der Waals surface area contributed by atoms with E-state index >= 15 is 0 Å². The van der Waals surface area contributed by atoms with Crippen LogP contribution in [0, 0.1) is 18.6 Å². The number of ether oxygens (including phenoxy) is 4. The van der Waals surface area contributed by atoms with E-state index < -0.39 is 83.4 Å². The quantitative estimate of drug-likeness (QED) is 0.0486. The largest absolute Gasteiger partial charge is 0.483 e. The zero-order chi connectivity index (χ0) is 45.3. The minimum atomic E-state index is -5.06. The van der Waals surface area contributed by atoms with Crippen molar-refractivity contribution in [3.05, 3.63) is 76.8 Å². The highest BCUT2D eigenvalue weighted by Gasteiger charge is 2.47. The third kappa shape index (κ3) is 11.4. The van der Waals surface area contributed by atoms with E-state index in [1.807, 2.05) is 0 Å². The molecule has 2 aliphatic rings. The van der Waals surface area contributed by atoms with Gasteiger partial charge in [0.05, 0.1) is 68.8 Å². The summed E-state index contributed by atoms with van der Waals surface area (Å²) in [5, 5.41) is 11.3. The third-order valence-corrected chi connectivity index (χ3v) is 9.40. The Kier molecular flexibility index (Phi) is 14.8. The Morgan fingerprint density at radius 3 is 2.32 bits per heavy atom. The molecule has 6 rings (SSSR count). The van der Waals surface area contributed by atoms with Crippen molar-refractivity contribution >= 4 is 58.2 Å². The summed E-state index contributed by atoms with van der Waals surface area (Å²) >= 11 is 0. The van der Waals surface area contributed by atoms with Gasteiger partial charge >= 0.3 is 12.2 Å². The van der Waals surface area contributed by atoms with Gasteiger partial charge in [0.25, 0.3) is 17.7 Å². The highest BCUT2D eigenvalue weighted by molar-refractivity contribution is 6.24. The monoisotopic (exact) mass is 890 g/mol. The molecule has 0 radical (unpaired) electrons. The second-order valence-corrected chi connectivity index (χ2v) is 13.8. The molecule has 0 aliphatic carbocycles. The zero-order valence-corrected chi connectivity index (χ0v) is 33.2. The number of carbonyl (C=O) groups excluding carboxylic acids is 6. The fourth-order valence-electron chi connectivity index (χ4n) is 6.45. The van der Waals surface area contributed by atoms with Crippen LogP contribution in [0.4, 0.5) is 38.4 Å². The second-order valence-electron chi connectivity index (χ2n) is 13.8. The first kappa shape index (κ1) is 45.7. The number of alkyl halides is 3. The van der Waals surface area contributed by atoms with Gasteiger partial charge < -0.3 is 44.6 Å². The molecule has 4 heterocycles. The van der Waals surface area contributed by atoms with Crippen molar-refractivity contribution in [2.75, 3.05) is 70.0 Å². The van der Waals surface area contributed by atoms with E-state index in [0.29, 0.717) is 6.07 Å². The number of piperidine rings is 1. The maximum absolute atomic E-state index is 14.1. The topological polar surface area (TPSA) is 242 Å². The smallest absolute Gasteiger partial charge is 0.416 e. The van der Waals surface area contributed by atoms with Crippen LogP contribution >= 0.6 is 0 Å². The van der Waals surface area contributed by atoms with Crippen molar-refractivity contribution < 1.29 is 74.1 Å². The molecule has 2 aliphatic heterocycles.